The highest BCUT2D eigenvalue weighted by atomic mass is 32.1. The molecule has 1 amide bonds. The van der Waals surface area contributed by atoms with Crippen molar-refractivity contribution in [2.24, 2.45) is 0 Å². The molecule has 1 aliphatic carbocycles. The number of nitrogens with two attached hydrogens (primary N) is 1. The number of nitrogen functional groups attached to an aromatic ring is 1. The first-order valence-electron chi connectivity index (χ1n) is 7.61. The number of amides is 1. The van der Waals surface area contributed by atoms with Gasteiger partial charge < -0.3 is 20.7 Å². The maximum Gasteiger partial charge on any atom is 0.258 e. The molecule has 0 spiro atoms. The molecular formula is C14H22N4O2S. The third-order valence-corrected chi connectivity index (χ3v) is 4.89. The zero-order valence-electron chi connectivity index (χ0n) is 12.3. The summed E-state index contributed by atoms with van der Waals surface area (Å²) in [7, 11) is 0. The number of hydrogen-bond acceptors (Lipinski definition) is 6. The van der Waals surface area contributed by atoms with Crippen molar-refractivity contribution in [2.75, 3.05) is 30.3 Å². The molecule has 0 bridgehead atoms. The second-order valence-electron chi connectivity index (χ2n) is 5.64. The Labute approximate surface area is 128 Å². The van der Waals surface area contributed by atoms with Crippen LogP contribution in [0.5, 0.6) is 0 Å². The van der Waals surface area contributed by atoms with E-state index in [2.05, 4.69) is 14.6 Å². The third-order valence-electron chi connectivity index (χ3n) is 3.97. The number of carbonyl (C=O) groups is 1. The minimum absolute atomic E-state index is 0.0781. The molecule has 0 atom stereocenters. The molecular weight excluding hydrogens is 288 g/mol. The van der Waals surface area contributed by atoms with Gasteiger partial charge in [0.05, 0.1) is 6.10 Å². The van der Waals surface area contributed by atoms with Gasteiger partial charge in [0.2, 0.25) is 0 Å². The highest BCUT2D eigenvalue weighted by molar-refractivity contribution is 7.11. The van der Waals surface area contributed by atoms with Crippen molar-refractivity contribution < 1.29 is 9.53 Å². The van der Waals surface area contributed by atoms with Crippen LogP contribution in [0.1, 0.15) is 43.0 Å². The highest BCUT2D eigenvalue weighted by Crippen LogP contribution is 2.33. The van der Waals surface area contributed by atoms with Crippen LogP contribution in [-0.2, 0) is 4.74 Å². The maximum atomic E-state index is 12.3. The SMILES string of the molecule is CCOC1CCN(c2snc(N)c2C(=O)NC2CC2)CC1. The molecule has 1 saturated carbocycles. The van der Waals surface area contributed by atoms with Crippen LogP contribution < -0.4 is 16.0 Å². The van der Waals surface area contributed by atoms with Gasteiger partial charge in [0, 0.05) is 25.7 Å². The number of anilines is 2. The third kappa shape index (κ3) is 3.29. The molecule has 116 valence electrons. The molecule has 3 N–H and O–H groups in total. The summed E-state index contributed by atoms with van der Waals surface area (Å²) in [5, 5.41) is 3.91. The van der Waals surface area contributed by atoms with Gasteiger partial charge in [0.25, 0.3) is 5.91 Å². The summed E-state index contributed by atoms with van der Waals surface area (Å²) in [6.45, 7) is 4.55. The normalized spacial score (nSPS) is 19.8. The predicted molar refractivity (Wildman–Crippen MR) is 83.9 cm³/mol. The monoisotopic (exact) mass is 310 g/mol. The Bertz CT molecular complexity index is 507. The summed E-state index contributed by atoms with van der Waals surface area (Å²) in [6.07, 6.45) is 4.43. The number of nitrogens with one attached hydrogen (secondary N) is 1. The lowest BCUT2D eigenvalue weighted by atomic mass is 10.1. The fourth-order valence-electron chi connectivity index (χ4n) is 2.67. The summed E-state index contributed by atoms with van der Waals surface area (Å²) < 4.78 is 9.85. The van der Waals surface area contributed by atoms with E-state index in [1.165, 1.54) is 11.5 Å². The Hall–Kier alpha value is -1.34. The molecule has 0 unspecified atom stereocenters. The van der Waals surface area contributed by atoms with Gasteiger partial charge in [-0.15, -0.1) is 0 Å². The first-order valence-corrected chi connectivity index (χ1v) is 8.39. The van der Waals surface area contributed by atoms with Crippen molar-refractivity contribution in [1.82, 2.24) is 9.69 Å². The van der Waals surface area contributed by atoms with Crippen LogP contribution in [0.4, 0.5) is 10.8 Å². The van der Waals surface area contributed by atoms with E-state index < -0.39 is 0 Å². The predicted octanol–water partition coefficient (Wildman–Crippen LogP) is 1.62. The van der Waals surface area contributed by atoms with Crippen molar-refractivity contribution in [3.05, 3.63) is 5.56 Å². The first kappa shape index (κ1) is 14.6. The summed E-state index contributed by atoms with van der Waals surface area (Å²) in [4.78, 5) is 14.5. The molecule has 1 aromatic heterocycles. The molecule has 7 heteroatoms. The van der Waals surface area contributed by atoms with Gasteiger partial charge in [-0.2, -0.15) is 4.37 Å². The van der Waals surface area contributed by atoms with Crippen molar-refractivity contribution >= 4 is 28.3 Å². The standard InChI is InChI=1S/C14H22N4O2S/c1-2-20-10-5-7-18(8-6-10)14-11(12(15)17-21-14)13(19)16-9-3-4-9/h9-10H,2-8H2,1H3,(H2,15,17)(H,16,19). The maximum absolute atomic E-state index is 12.3. The minimum atomic E-state index is -0.0781. The zero-order chi connectivity index (χ0) is 14.8. The van der Waals surface area contributed by atoms with Crippen molar-refractivity contribution in [1.29, 1.82) is 0 Å². The van der Waals surface area contributed by atoms with Gasteiger partial charge in [-0.25, -0.2) is 0 Å². The van der Waals surface area contributed by atoms with E-state index >= 15 is 0 Å². The van der Waals surface area contributed by atoms with E-state index in [0.29, 0.717) is 23.5 Å². The van der Waals surface area contributed by atoms with E-state index in [0.717, 1.165) is 50.4 Å². The van der Waals surface area contributed by atoms with E-state index in [9.17, 15) is 4.79 Å². The van der Waals surface area contributed by atoms with Crippen LogP contribution in [0.15, 0.2) is 0 Å². The average molecular weight is 310 g/mol. The highest BCUT2D eigenvalue weighted by Gasteiger charge is 2.30. The minimum Gasteiger partial charge on any atom is -0.382 e. The summed E-state index contributed by atoms with van der Waals surface area (Å²) >= 11 is 1.32. The molecule has 0 aromatic carbocycles. The van der Waals surface area contributed by atoms with Crippen LogP contribution in [-0.4, -0.2) is 42.1 Å². The van der Waals surface area contributed by atoms with Crippen LogP contribution in [0.3, 0.4) is 0 Å². The van der Waals surface area contributed by atoms with Crippen LogP contribution >= 0.6 is 11.5 Å². The van der Waals surface area contributed by atoms with Crippen molar-refractivity contribution in [3.63, 3.8) is 0 Å². The van der Waals surface area contributed by atoms with Gasteiger partial charge >= 0.3 is 0 Å². The van der Waals surface area contributed by atoms with Crippen molar-refractivity contribution in [2.45, 2.75) is 44.8 Å². The van der Waals surface area contributed by atoms with E-state index in [4.69, 9.17) is 10.5 Å². The first-order chi connectivity index (χ1) is 10.2. The smallest absolute Gasteiger partial charge is 0.258 e. The zero-order valence-corrected chi connectivity index (χ0v) is 13.1. The van der Waals surface area contributed by atoms with E-state index in [1.807, 2.05) is 6.92 Å². The summed E-state index contributed by atoms with van der Waals surface area (Å²) in [5.41, 5.74) is 6.46. The van der Waals surface area contributed by atoms with Crippen molar-refractivity contribution in [3.8, 4) is 0 Å². The second-order valence-corrected chi connectivity index (χ2v) is 6.39. The Balaban J connectivity index is 1.69. The van der Waals surface area contributed by atoms with Gasteiger partial charge in [-0.05, 0) is 44.1 Å². The number of carbonyl (C=O) groups excluding carboxylic acids is 1. The lowest BCUT2D eigenvalue weighted by Crippen LogP contribution is -2.38. The molecule has 2 heterocycles. The van der Waals surface area contributed by atoms with Crippen LogP contribution in [0.25, 0.3) is 0 Å². The topological polar surface area (TPSA) is 80.5 Å². The fraction of sp³-hybridized carbons (Fsp3) is 0.714. The Morgan fingerprint density at radius 3 is 2.76 bits per heavy atom. The Morgan fingerprint density at radius 1 is 1.43 bits per heavy atom. The molecule has 1 aromatic rings. The van der Waals surface area contributed by atoms with Gasteiger partial charge in [0.15, 0.2) is 5.82 Å². The lowest BCUT2D eigenvalue weighted by molar-refractivity contribution is 0.0460. The number of aromatic nitrogens is 1. The quantitative estimate of drug-likeness (QED) is 0.864. The lowest BCUT2D eigenvalue weighted by Gasteiger charge is -2.32. The largest absolute Gasteiger partial charge is 0.382 e. The molecule has 1 aliphatic heterocycles. The number of piperidine rings is 1. The van der Waals surface area contributed by atoms with Gasteiger partial charge in [0.1, 0.15) is 10.6 Å². The molecule has 1 saturated heterocycles. The van der Waals surface area contributed by atoms with E-state index in [-0.39, 0.29) is 5.91 Å². The number of nitrogens with zero attached hydrogens (tertiary/aromatic N) is 2. The van der Waals surface area contributed by atoms with Crippen LogP contribution in [0.2, 0.25) is 0 Å². The number of rotatable bonds is 5. The van der Waals surface area contributed by atoms with Crippen LogP contribution in [0, 0.1) is 0 Å². The summed E-state index contributed by atoms with van der Waals surface area (Å²) in [5.74, 6) is 0.269. The number of hydrogen-bond donors (Lipinski definition) is 2. The number of ether oxygens (including phenoxy) is 1. The average Bonchev–Trinajstić information content (AvgIpc) is 3.20. The molecule has 6 nitrogen and oxygen atoms in total. The molecule has 21 heavy (non-hydrogen) atoms. The molecule has 2 fully saturated rings. The molecule has 3 rings (SSSR count). The molecule has 0 radical (unpaired) electrons. The van der Waals surface area contributed by atoms with E-state index in [1.54, 1.807) is 0 Å². The second kappa shape index (κ2) is 6.19. The molecule has 2 aliphatic rings. The van der Waals surface area contributed by atoms with Gasteiger partial charge in [-0.1, -0.05) is 0 Å². The summed E-state index contributed by atoms with van der Waals surface area (Å²) in [6, 6.07) is 0.327. The Kier molecular flexibility index (Phi) is 4.30. The van der Waals surface area contributed by atoms with Gasteiger partial charge in [-0.3, -0.25) is 4.79 Å². The Morgan fingerprint density at radius 2 is 2.14 bits per heavy atom. The fourth-order valence-corrected chi connectivity index (χ4v) is 3.53.